The van der Waals surface area contributed by atoms with Crippen LogP contribution in [0.5, 0.6) is 0 Å². The van der Waals surface area contributed by atoms with Gasteiger partial charge in [-0.15, -0.1) is 0 Å². The lowest BCUT2D eigenvalue weighted by Gasteiger charge is -2.15. The molecule has 1 aromatic carbocycles. The molecule has 0 saturated carbocycles. The molecule has 0 amide bonds. The summed E-state index contributed by atoms with van der Waals surface area (Å²) in [5.41, 5.74) is 3.78. The normalized spacial score (nSPS) is 12.5. The Balaban J connectivity index is 3.23. The second-order valence-electron chi connectivity index (χ2n) is 4.95. The van der Waals surface area contributed by atoms with E-state index in [1.807, 2.05) is 0 Å². The molecule has 21 heavy (non-hydrogen) atoms. The molecule has 1 aromatic rings. The Bertz CT molecular complexity index is 640. The van der Waals surface area contributed by atoms with Crippen molar-refractivity contribution in [1.82, 2.24) is 0 Å². The van der Waals surface area contributed by atoms with Crippen molar-refractivity contribution < 1.29 is 21.6 Å². The molecule has 0 aromatic heterocycles. The van der Waals surface area contributed by atoms with E-state index in [4.69, 9.17) is 11.1 Å². The fourth-order valence-corrected chi connectivity index (χ4v) is 3.15. The summed E-state index contributed by atoms with van der Waals surface area (Å²) in [5.74, 6) is -0.994. The number of benzene rings is 1. The van der Waals surface area contributed by atoms with Gasteiger partial charge in [0.1, 0.15) is 5.84 Å². The van der Waals surface area contributed by atoms with Crippen molar-refractivity contribution in [2.75, 3.05) is 10.5 Å². The summed E-state index contributed by atoms with van der Waals surface area (Å²) in [7, 11) is -3.72. The molecule has 4 N–H and O–H groups in total. The van der Waals surface area contributed by atoms with Crippen molar-refractivity contribution in [3.63, 3.8) is 0 Å². The lowest BCUT2D eigenvalue weighted by molar-refractivity contribution is -0.137. The summed E-state index contributed by atoms with van der Waals surface area (Å²) in [6.45, 7) is 3.38. The summed E-state index contributed by atoms with van der Waals surface area (Å²) in [6, 6.07) is 2.34. The zero-order chi connectivity index (χ0) is 16.4. The number of hydrogen-bond acceptors (Lipinski definition) is 3. The number of nitrogens with two attached hydrogens (primary N) is 1. The van der Waals surface area contributed by atoms with Crippen LogP contribution in [0.25, 0.3) is 0 Å². The maximum absolute atomic E-state index is 12.6. The van der Waals surface area contributed by atoms with Gasteiger partial charge in [0, 0.05) is 5.56 Å². The highest BCUT2D eigenvalue weighted by Crippen LogP contribution is 2.32. The Hall–Kier alpha value is -1.77. The van der Waals surface area contributed by atoms with Crippen molar-refractivity contribution in [2.24, 2.45) is 11.7 Å². The molecule has 0 bridgehead atoms. The number of amidine groups is 1. The van der Waals surface area contributed by atoms with E-state index in [-0.39, 0.29) is 22.9 Å². The third-order valence-electron chi connectivity index (χ3n) is 2.46. The number of sulfonamides is 1. The third-order valence-corrected chi connectivity index (χ3v) is 4.09. The first-order chi connectivity index (χ1) is 9.42. The highest BCUT2D eigenvalue weighted by atomic mass is 32.2. The quantitative estimate of drug-likeness (QED) is 0.573. The smallest absolute Gasteiger partial charge is 0.384 e. The first kappa shape index (κ1) is 17.3. The van der Waals surface area contributed by atoms with Gasteiger partial charge in [0.05, 0.1) is 17.0 Å². The minimum atomic E-state index is -4.60. The largest absolute Gasteiger partial charge is 0.416 e. The predicted molar refractivity (Wildman–Crippen MR) is 74.7 cm³/mol. The van der Waals surface area contributed by atoms with Crippen LogP contribution < -0.4 is 10.5 Å². The molecule has 0 radical (unpaired) electrons. The predicted octanol–water partition coefficient (Wildman–Crippen LogP) is 2.39. The van der Waals surface area contributed by atoms with Gasteiger partial charge in [-0.2, -0.15) is 13.2 Å². The Morgan fingerprint density at radius 1 is 1.38 bits per heavy atom. The summed E-state index contributed by atoms with van der Waals surface area (Å²) in [6.07, 6.45) is -4.60. The zero-order valence-electron chi connectivity index (χ0n) is 11.5. The minimum absolute atomic E-state index is 0.142. The molecule has 0 heterocycles. The first-order valence-electron chi connectivity index (χ1n) is 5.98. The Morgan fingerprint density at radius 2 is 1.95 bits per heavy atom. The van der Waals surface area contributed by atoms with Gasteiger partial charge in [-0.05, 0) is 24.1 Å². The number of nitrogen functional groups attached to an aromatic ring is 1. The Morgan fingerprint density at radius 3 is 2.38 bits per heavy atom. The van der Waals surface area contributed by atoms with Crippen molar-refractivity contribution in [3.05, 3.63) is 29.3 Å². The van der Waals surface area contributed by atoms with E-state index >= 15 is 0 Å². The number of hydrogen-bond donors (Lipinski definition) is 3. The number of rotatable bonds is 5. The van der Waals surface area contributed by atoms with Crippen LogP contribution >= 0.6 is 0 Å². The fourth-order valence-electron chi connectivity index (χ4n) is 1.68. The number of alkyl halides is 3. The Labute approximate surface area is 120 Å². The summed E-state index contributed by atoms with van der Waals surface area (Å²) < 4.78 is 63.7. The average molecular weight is 323 g/mol. The van der Waals surface area contributed by atoms with E-state index in [0.717, 1.165) is 12.1 Å². The van der Waals surface area contributed by atoms with Crippen LogP contribution in [-0.4, -0.2) is 20.0 Å². The number of halogens is 3. The van der Waals surface area contributed by atoms with Crippen molar-refractivity contribution in [1.29, 1.82) is 5.41 Å². The lowest BCUT2D eigenvalue weighted by Crippen LogP contribution is -2.23. The fraction of sp³-hybridized carbons (Fsp3) is 0.417. The monoisotopic (exact) mass is 323 g/mol. The summed E-state index contributed by atoms with van der Waals surface area (Å²) >= 11 is 0. The van der Waals surface area contributed by atoms with Gasteiger partial charge in [-0.3, -0.25) is 10.1 Å². The lowest BCUT2D eigenvalue weighted by atomic mass is 10.1. The molecule has 0 aliphatic carbocycles. The standard InChI is InChI=1S/C12H16F3N3O2S/c1-7(2)6-21(19,20)18-10-4-3-8(12(13,14)15)5-9(10)11(16)17/h3-5,7,18H,6H2,1-2H3,(H3,16,17). The highest BCUT2D eigenvalue weighted by molar-refractivity contribution is 7.92. The van der Waals surface area contributed by atoms with Gasteiger partial charge in [0.25, 0.3) is 0 Å². The highest BCUT2D eigenvalue weighted by Gasteiger charge is 2.31. The molecule has 0 saturated heterocycles. The van der Waals surface area contributed by atoms with Crippen LogP contribution in [-0.2, 0) is 16.2 Å². The summed E-state index contributed by atoms with van der Waals surface area (Å²) in [4.78, 5) is 0. The molecule has 0 fully saturated rings. The van der Waals surface area contributed by atoms with Gasteiger partial charge >= 0.3 is 6.18 Å². The first-order valence-corrected chi connectivity index (χ1v) is 7.64. The molecule has 0 aliphatic rings. The van der Waals surface area contributed by atoms with E-state index in [0.29, 0.717) is 6.07 Å². The second-order valence-corrected chi connectivity index (χ2v) is 6.72. The molecule has 118 valence electrons. The van der Waals surface area contributed by atoms with Gasteiger partial charge < -0.3 is 5.73 Å². The molecule has 0 atom stereocenters. The maximum Gasteiger partial charge on any atom is 0.416 e. The molecule has 5 nitrogen and oxygen atoms in total. The molecular formula is C12H16F3N3O2S. The van der Waals surface area contributed by atoms with Crippen molar-refractivity contribution >= 4 is 21.5 Å². The topological polar surface area (TPSA) is 96.0 Å². The third kappa shape index (κ3) is 4.92. The number of anilines is 1. The van der Waals surface area contributed by atoms with E-state index in [1.165, 1.54) is 0 Å². The van der Waals surface area contributed by atoms with Crippen LogP contribution in [0.2, 0.25) is 0 Å². The molecule has 0 aliphatic heterocycles. The van der Waals surface area contributed by atoms with Gasteiger partial charge in [-0.25, -0.2) is 8.42 Å². The van der Waals surface area contributed by atoms with E-state index < -0.39 is 27.6 Å². The van der Waals surface area contributed by atoms with E-state index in [1.54, 1.807) is 13.8 Å². The number of nitrogens with one attached hydrogen (secondary N) is 2. The Kier molecular flexibility index (Phi) is 4.87. The van der Waals surface area contributed by atoms with Crippen molar-refractivity contribution in [3.8, 4) is 0 Å². The summed E-state index contributed by atoms with van der Waals surface area (Å²) in [5, 5.41) is 7.30. The van der Waals surface area contributed by atoms with Crippen LogP contribution in [0.1, 0.15) is 25.0 Å². The van der Waals surface area contributed by atoms with Gasteiger partial charge in [0.2, 0.25) is 10.0 Å². The van der Waals surface area contributed by atoms with Gasteiger partial charge in [-0.1, -0.05) is 13.8 Å². The van der Waals surface area contributed by atoms with E-state index in [2.05, 4.69) is 4.72 Å². The molecular weight excluding hydrogens is 307 g/mol. The van der Waals surface area contributed by atoms with Crippen LogP contribution in [0.3, 0.4) is 0 Å². The molecule has 1 rings (SSSR count). The maximum atomic E-state index is 12.6. The molecule has 9 heteroatoms. The minimum Gasteiger partial charge on any atom is -0.384 e. The average Bonchev–Trinajstić information content (AvgIpc) is 2.24. The van der Waals surface area contributed by atoms with Gasteiger partial charge in [0.15, 0.2) is 0 Å². The van der Waals surface area contributed by atoms with Crippen LogP contribution in [0.4, 0.5) is 18.9 Å². The molecule has 0 spiro atoms. The van der Waals surface area contributed by atoms with Crippen LogP contribution in [0, 0.1) is 11.3 Å². The van der Waals surface area contributed by atoms with Crippen molar-refractivity contribution in [2.45, 2.75) is 20.0 Å². The second kappa shape index (κ2) is 5.92. The molecule has 0 unspecified atom stereocenters. The SMILES string of the molecule is CC(C)CS(=O)(=O)Nc1ccc(C(F)(F)F)cc1C(=N)N. The zero-order valence-corrected chi connectivity index (χ0v) is 12.3. The van der Waals surface area contributed by atoms with E-state index in [9.17, 15) is 21.6 Å². The van der Waals surface area contributed by atoms with Crippen LogP contribution in [0.15, 0.2) is 18.2 Å².